The summed E-state index contributed by atoms with van der Waals surface area (Å²) < 4.78 is 12.6. The standard InChI is InChI=1S/C10H11FN2O2S/c11-7-1-3-8(4-2-7)16-6-10(15)13-5-9(12)14/h1-4H,5-6H2,(H2,12,14)(H,13,15). The highest BCUT2D eigenvalue weighted by molar-refractivity contribution is 8.00. The van der Waals surface area contributed by atoms with Gasteiger partial charge in [-0.3, -0.25) is 9.59 Å². The van der Waals surface area contributed by atoms with Gasteiger partial charge < -0.3 is 11.1 Å². The van der Waals surface area contributed by atoms with E-state index in [2.05, 4.69) is 5.32 Å². The van der Waals surface area contributed by atoms with Gasteiger partial charge >= 0.3 is 0 Å². The predicted molar refractivity (Wildman–Crippen MR) is 59.3 cm³/mol. The molecular formula is C10H11FN2O2S. The normalized spacial score (nSPS) is 9.81. The van der Waals surface area contributed by atoms with Crippen LogP contribution in [0.25, 0.3) is 0 Å². The molecule has 0 saturated carbocycles. The van der Waals surface area contributed by atoms with Crippen LogP contribution >= 0.6 is 11.8 Å². The summed E-state index contributed by atoms with van der Waals surface area (Å²) in [6, 6.07) is 5.82. The summed E-state index contributed by atoms with van der Waals surface area (Å²) in [6.07, 6.45) is 0. The van der Waals surface area contributed by atoms with Crippen molar-refractivity contribution in [3.05, 3.63) is 30.1 Å². The topological polar surface area (TPSA) is 72.2 Å². The predicted octanol–water partition coefficient (Wildman–Crippen LogP) is 0.519. The summed E-state index contributed by atoms with van der Waals surface area (Å²) >= 11 is 1.26. The second-order valence-corrected chi connectivity index (χ2v) is 4.03. The molecular weight excluding hydrogens is 231 g/mol. The SMILES string of the molecule is NC(=O)CNC(=O)CSc1ccc(F)cc1. The monoisotopic (exact) mass is 242 g/mol. The first-order valence-electron chi connectivity index (χ1n) is 4.51. The van der Waals surface area contributed by atoms with Gasteiger partial charge in [-0.1, -0.05) is 0 Å². The first-order chi connectivity index (χ1) is 7.58. The van der Waals surface area contributed by atoms with Crippen LogP contribution in [0, 0.1) is 5.82 Å². The van der Waals surface area contributed by atoms with Crippen molar-refractivity contribution in [3.63, 3.8) is 0 Å². The van der Waals surface area contributed by atoms with E-state index in [0.717, 1.165) is 4.90 Å². The molecule has 0 atom stereocenters. The number of halogens is 1. The quantitative estimate of drug-likeness (QED) is 0.739. The molecule has 4 nitrogen and oxygen atoms in total. The lowest BCUT2D eigenvalue weighted by Gasteiger charge is -2.02. The molecule has 2 amide bonds. The van der Waals surface area contributed by atoms with Crippen LogP contribution in [0.15, 0.2) is 29.2 Å². The number of thioether (sulfide) groups is 1. The Morgan fingerprint density at radius 1 is 1.31 bits per heavy atom. The second-order valence-electron chi connectivity index (χ2n) is 2.99. The minimum Gasteiger partial charge on any atom is -0.368 e. The van der Waals surface area contributed by atoms with E-state index in [1.165, 1.54) is 23.9 Å². The third-order valence-electron chi connectivity index (χ3n) is 1.64. The van der Waals surface area contributed by atoms with Crippen molar-refractivity contribution in [3.8, 4) is 0 Å². The highest BCUT2D eigenvalue weighted by atomic mass is 32.2. The van der Waals surface area contributed by atoms with Gasteiger partial charge in [0.25, 0.3) is 0 Å². The molecule has 0 heterocycles. The van der Waals surface area contributed by atoms with E-state index in [0.29, 0.717) is 0 Å². The summed E-state index contributed by atoms with van der Waals surface area (Å²) in [6.45, 7) is -0.164. The van der Waals surface area contributed by atoms with Gasteiger partial charge in [0.1, 0.15) is 5.82 Å². The third kappa shape index (κ3) is 4.79. The lowest BCUT2D eigenvalue weighted by atomic mass is 10.4. The van der Waals surface area contributed by atoms with Crippen molar-refractivity contribution in [1.82, 2.24) is 5.32 Å². The van der Waals surface area contributed by atoms with E-state index in [1.807, 2.05) is 0 Å². The molecule has 0 aromatic heterocycles. The highest BCUT2D eigenvalue weighted by Crippen LogP contribution is 2.17. The van der Waals surface area contributed by atoms with Gasteiger partial charge in [0, 0.05) is 4.90 Å². The number of rotatable bonds is 5. The van der Waals surface area contributed by atoms with Crippen LogP contribution in [0.4, 0.5) is 4.39 Å². The van der Waals surface area contributed by atoms with E-state index in [-0.39, 0.29) is 24.0 Å². The van der Waals surface area contributed by atoms with Crippen molar-refractivity contribution in [2.75, 3.05) is 12.3 Å². The Morgan fingerprint density at radius 2 is 1.94 bits per heavy atom. The van der Waals surface area contributed by atoms with Crippen LogP contribution in [0.2, 0.25) is 0 Å². The molecule has 16 heavy (non-hydrogen) atoms. The van der Waals surface area contributed by atoms with Crippen molar-refractivity contribution in [2.24, 2.45) is 5.73 Å². The molecule has 0 aliphatic rings. The maximum Gasteiger partial charge on any atom is 0.236 e. The highest BCUT2D eigenvalue weighted by Gasteiger charge is 2.03. The average Bonchev–Trinajstić information content (AvgIpc) is 2.25. The number of nitrogens with two attached hydrogens (primary N) is 1. The summed E-state index contributed by atoms with van der Waals surface area (Å²) in [5.74, 6) is -1.02. The Hall–Kier alpha value is -1.56. The summed E-state index contributed by atoms with van der Waals surface area (Å²) in [5.41, 5.74) is 4.86. The second kappa shape index (κ2) is 6.12. The number of benzene rings is 1. The van der Waals surface area contributed by atoms with Crippen molar-refractivity contribution in [2.45, 2.75) is 4.90 Å². The smallest absolute Gasteiger partial charge is 0.236 e. The number of carbonyl (C=O) groups is 2. The molecule has 6 heteroatoms. The Balaban J connectivity index is 2.31. The molecule has 0 spiro atoms. The van der Waals surface area contributed by atoms with E-state index >= 15 is 0 Å². The van der Waals surface area contributed by atoms with E-state index in [4.69, 9.17) is 5.73 Å². The van der Waals surface area contributed by atoms with Crippen LogP contribution < -0.4 is 11.1 Å². The fraction of sp³-hybridized carbons (Fsp3) is 0.200. The fourth-order valence-electron chi connectivity index (χ4n) is 0.916. The molecule has 1 aromatic carbocycles. The zero-order chi connectivity index (χ0) is 12.0. The summed E-state index contributed by atoms with van der Waals surface area (Å²) in [7, 11) is 0. The first-order valence-corrected chi connectivity index (χ1v) is 5.50. The molecule has 0 saturated heterocycles. The van der Waals surface area contributed by atoms with Crippen molar-refractivity contribution in [1.29, 1.82) is 0 Å². The maximum absolute atomic E-state index is 12.6. The van der Waals surface area contributed by atoms with Crippen LogP contribution in [-0.4, -0.2) is 24.1 Å². The zero-order valence-corrected chi connectivity index (χ0v) is 9.22. The molecule has 1 aromatic rings. The van der Waals surface area contributed by atoms with Gasteiger partial charge in [-0.05, 0) is 24.3 Å². The minimum absolute atomic E-state index is 0.164. The number of carbonyl (C=O) groups excluding carboxylic acids is 2. The summed E-state index contributed by atoms with van der Waals surface area (Å²) in [4.78, 5) is 22.3. The molecule has 86 valence electrons. The van der Waals surface area contributed by atoms with Crippen molar-refractivity contribution < 1.29 is 14.0 Å². The van der Waals surface area contributed by atoms with Gasteiger partial charge in [0.05, 0.1) is 12.3 Å². The molecule has 0 bridgehead atoms. The molecule has 0 aliphatic heterocycles. The molecule has 1 rings (SSSR count). The van der Waals surface area contributed by atoms with Gasteiger partial charge in [-0.15, -0.1) is 11.8 Å². The number of amides is 2. The van der Waals surface area contributed by atoms with Crippen LogP contribution in [0.5, 0.6) is 0 Å². The minimum atomic E-state index is -0.583. The Bertz CT molecular complexity index is 381. The largest absolute Gasteiger partial charge is 0.368 e. The number of nitrogens with one attached hydrogen (secondary N) is 1. The van der Waals surface area contributed by atoms with Crippen molar-refractivity contribution >= 4 is 23.6 Å². The molecule has 0 unspecified atom stereocenters. The number of hydrogen-bond acceptors (Lipinski definition) is 3. The lowest BCUT2D eigenvalue weighted by Crippen LogP contribution is -2.34. The van der Waals surface area contributed by atoms with E-state index in [9.17, 15) is 14.0 Å². The van der Waals surface area contributed by atoms with Crippen LogP contribution in [-0.2, 0) is 9.59 Å². The Morgan fingerprint density at radius 3 is 2.50 bits per heavy atom. The zero-order valence-electron chi connectivity index (χ0n) is 8.40. The molecule has 0 aliphatic carbocycles. The van der Waals surface area contributed by atoms with Crippen LogP contribution in [0.3, 0.4) is 0 Å². The Labute approximate surface area is 96.4 Å². The fourth-order valence-corrected chi connectivity index (χ4v) is 1.64. The summed E-state index contributed by atoms with van der Waals surface area (Å²) in [5, 5.41) is 2.36. The molecule has 0 fully saturated rings. The number of hydrogen-bond donors (Lipinski definition) is 2. The van der Waals surface area contributed by atoms with Gasteiger partial charge in [0.15, 0.2) is 0 Å². The first kappa shape index (κ1) is 12.5. The molecule has 0 radical (unpaired) electrons. The van der Waals surface area contributed by atoms with Gasteiger partial charge in [-0.2, -0.15) is 0 Å². The third-order valence-corrected chi connectivity index (χ3v) is 2.66. The molecule has 3 N–H and O–H groups in total. The average molecular weight is 242 g/mol. The number of primary amides is 1. The Kier molecular flexibility index (Phi) is 4.78. The maximum atomic E-state index is 12.6. The van der Waals surface area contributed by atoms with E-state index < -0.39 is 5.91 Å². The van der Waals surface area contributed by atoms with Gasteiger partial charge in [0.2, 0.25) is 11.8 Å². The lowest BCUT2D eigenvalue weighted by molar-refractivity contribution is -0.123. The van der Waals surface area contributed by atoms with E-state index in [1.54, 1.807) is 12.1 Å². The van der Waals surface area contributed by atoms with Crippen LogP contribution in [0.1, 0.15) is 0 Å². The van der Waals surface area contributed by atoms with Gasteiger partial charge in [-0.25, -0.2) is 4.39 Å².